The molecule has 15 rings (SSSR count). The Labute approximate surface area is 466 Å². The average molecular weight is 976 g/mol. The molecule has 350 valence electrons. The maximum atomic E-state index is 7.16. The van der Waals surface area contributed by atoms with Gasteiger partial charge in [0.25, 0.3) is 0 Å². The molecule has 2 heterocycles. The molecule has 0 aliphatic carbocycles. The van der Waals surface area contributed by atoms with E-state index in [-0.39, 0.29) is 0 Å². The molecule has 0 aliphatic heterocycles. The van der Waals surface area contributed by atoms with E-state index in [0.717, 1.165) is 22.3 Å². The molecule has 0 saturated heterocycles. The Kier molecular flexibility index (Phi) is 10.1. The number of rotatable bonds is 4. The first-order chi connectivity index (χ1) is 37.5. The molecule has 0 bridgehead atoms. The van der Waals surface area contributed by atoms with Crippen molar-refractivity contribution in [3.63, 3.8) is 0 Å². The molecule has 13 aromatic carbocycles. The van der Waals surface area contributed by atoms with Crippen molar-refractivity contribution in [2.75, 3.05) is 0 Å². The second-order valence-corrected chi connectivity index (χ2v) is 23.4. The summed E-state index contributed by atoms with van der Waals surface area (Å²) in [5, 5.41) is 20.3. The van der Waals surface area contributed by atoms with Crippen LogP contribution in [0.2, 0.25) is 0 Å². The molecule has 0 aliphatic rings. The van der Waals surface area contributed by atoms with Crippen LogP contribution < -0.4 is 76.5 Å². The summed E-state index contributed by atoms with van der Waals surface area (Å²) in [5.74, 6) is 0. The molecule has 0 saturated carbocycles. The first kappa shape index (κ1) is 47.6. The molecule has 16 heteroatoms. The predicted octanol–water partition coefficient (Wildman–Crippen LogP) is -6.43. The minimum atomic E-state index is 0.988. The highest BCUT2D eigenvalue weighted by Gasteiger charge is 2.30. The van der Waals surface area contributed by atoms with E-state index in [4.69, 9.17) is 8.83 Å². The molecule has 78 heavy (non-hydrogen) atoms. The van der Waals surface area contributed by atoms with Gasteiger partial charge in [-0.1, -0.05) is 175 Å². The quantitative estimate of drug-likeness (QED) is 0.130. The topological polar surface area (TPSA) is 26.3 Å². The van der Waals surface area contributed by atoms with E-state index in [1.54, 1.807) is 0 Å². The Morgan fingerprint density at radius 1 is 0.218 bits per heavy atom. The van der Waals surface area contributed by atoms with Crippen molar-refractivity contribution in [2.24, 2.45) is 0 Å². The molecule has 0 N–H and O–H groups in total. The van der Waals surface area contributed by atoms with Gasteiger partial charge >= 0.3 is 0 Å². The summed E-state index contributed by atoms with van der Waals surface area (Å²) in [6, 6.07) is 46.8. The van der Waals surface area contributed by atoms with Crippen molar-refractivity contribution in [2.45, 2.75) is 0 Å². The van der Waals surface area contributed by atoms with E-state index in [0.29, 0.717) is 0 Å². The van der Waals surface area contributed by atoms with Gasteiger partial charge in [0.1, 0.15) is 132 Å². The predicted molar refractivity (Wildman–Crippen MR) is 385 cm³/mol. The van der Waals surface area contributed by atoms with Crippen LogP contribution in [0.25, 0.3) is 153 Å². The lowest BCUT2D eigenvalue weighted by molar-refractivity contribution is 0.674. The van der Waals surface area contributed by atoms with Crippen LogP contribution in [0.3, 0.4) is 0 Å². The molecule has 0 fully saturated rings. The fraction of sp³-hybridized carbons (Fsp3) is 0. The molecule has 0 radical (unpaired) electrons. The normalized spacial score (nSPS) is 12.3. The molecule has 0 spiro atoms. The number of benzene rings is 13. The van der Waals surface area contributed by atoms with Crippen LogP contribution in [0, 0.1) is 0 Å². The zero-order valence-corrected chi connectivity index (χ0v) is 47.4. The lowest BCUT2D eigenvalue weighted by Gasteiger charge is -2.27. The first-order valence-corrected chi connectivity index (χ1v) is 27.9. The second kappa shape index (κ2) is 16.5. The van der Waals surface area contributed by atoms with Crippen LogP contribution in [0.4, 0.5) is 0 Å². The Bertz CT molecular complexity index is 5240. The van der Waals surface area contributed by atoms with E-state index in [1.165, 1.54) is 207 Å². The maximum absolute atomic E-state index is 7.16. The van der Waals surface area contributed by atoms with Crippen molar-refractivity contribution in [1.29, 1.82) is 0 Å². The van der Waals surface area contributed by atoms with Gasteiger partial charge in [-0.25, -0.2) is 0 Å². The van der Waals surface area contributed by atoms with Gasteiger partial charge in [-0.2, -0.15) is 0 Å². The molecule has 0 unspecified atom stereocenters. The van der Waals surface area contributed by atoms with Gasteiger partial charge in [0.2, 0.25) is 0 Å². The second-order valence-electron chi connectivity index (χ2n) is 23.4. The molecule has 0 atom stereocenters. The van der Waals surface area contributed by atoms with Gasteiger partial charge in [-0.15, -0.1) is 10.9 Å². The first-order valence-electron chi connectivity index (χ1n) is 27.9. The summed E-state index contributed by atoms with van der Waals surface area (Å²) in [7, 11) is 32.2. The monoisotopic (exact) mass is 978 g/mol. The van der Waals surface area contributed by atoms with Crippen LogP contribution in [-0.4, -0.2) is 110 Å². The fourth-order valence-corrected chi connectivity index (χ4v) is 14.9. The van der Waals surface area contributed by atoms with Crippen LogP contribution in [-0.2, 0) is 0 Å². The zero-order valence-electron chi connectivity index (χ0n) is 47.4. The maximum Gasteiger partial charge on any atom is 0.143 e. The smallest absolute Gasteiger partial charge is 0.143 e. The molecule has 2 nitrogen and oxygen atoms in total. The Morgan fingerprint density at radius 2 is 0.551 bits per heavy atom. The van der Waals surface area contributed by atoms with Gasteiger partial charge in [-0.3, -0.25) is 0 Å². The van der Waals surface area contributed by atoms with Crippen LogP contribution in [0.5, 0.6) is 0 Å². The van der Waals surface area contributed by atoms with E-state index in [1.807, 2.05) is 0 Å². The van der Waals surface area contributed by atoms with E-state index < -0.39 is 0 Å². The third-order valence-corrected chi connectivity index (χ3v) is 20.0. The summed E-state index contributed by atoms with van der Waals surface area (Å²) < 4.78 is 14.3. The molecule has 2 aromatic heterocycles. The Morgan fingerprint density at radius 3 is 1.03 bits per heavy atom. The van der Waals surface area contributed by atoms with Gasteiger partial charge < -0.3 is 8.83 Å². The van der Waals surface area contributed by atoms with Crippen LogP contribution >= 0.6 is 0 Å². The SMILES string of the molecule is Bc1c(B)c(B)c2c(oc3c(B)c(B)c(-c4cc(-c5ccc6ccc7cccc8ccc5c6c78)cc(-c5ccc6ccc7cccc8ccc5c6c78)c4-c4c(B)c(B)c5oc6c(B)c(B)c(B)c(B)c6c5c4B)c(B)c32)c1B. The molecule has 15 aromatic rings. The van der Waals surface area contributed by atoms with Gasteiger partial charge in [0.15, 0.2) is 0 Å². The van der Waals surface area contributed by atoms with Crippen LogP contribution in [0.15, 0.2) is 130 Å². The highest BCUT2D eigenvalue weighted by Crippen LogP contribution is 2.49. The standard InChI is InChI=1S/C62H48B14O2/c63-45-39(47(65)55(73)59-41(45)43-49(67)51(69)53(71)57(75)61(43)77-59)33-20-27(28-15-11-25-9-7-21-3-1-5-23-13-17-30(28)36(25)34(21)23)19-32(29-16-12-26-10-8-22-4-2-6-24-14-18-31(29)37(26)35(22)24)38(33)40-46(64)42-44-50(68)52(70)54(72)58(76)62(44)78-60(42)56(74)48(40)66/h1-20H,63-76H2. The summed E-state index contributed by atoms with van der Waals surface area (Å²) in [4.78, 5) is 0. The lowest BCUT2D eigenvalue weighted by Crippen LogP contribution is -2.47. The molecule has 0 amide bonds. The summed E-state index contributed by atoms with van der Waals surface area (Å²) in [6.07, 6.45) is 0. The number of hydrogen-bond acceptors (Lipinski definition) is 2. The fourth-order valence-electron chi connectivity index (χ4n) is 14.9. The minimum Gasteiger partial charge on any atom is -0.457 e. The largest absolute Gasteiger partial charge is 0.457 e. The number of furan rings is 2. The van der Waals surface area contributed by atoms with E-state index >= 15 is 0 Å². The van der Waals surface area contributed by atoms with Crippen LogP contribution in [0.1, 0.15) is 0 Å². The molecular formula is C62H48B14O2. The average Bonchev–Trinajstić information content (AvgIpc) is 4.11. The summed E-state index contributed by atoms with van der Waals surface area (Å²) in [6.45, 7) is 0. The Balaban J connectivity index is 1.19. The van der Waals surface area contributed by atoms with Crippen molar-refractivity contribution < 1.29 is 8.83 Å². The van der Waals surface area contributed by atoms with E-state index in [2.05, 4.69) is 231 Å². The minimum absolute atomic E-state index is 0.988. The Hall–Kier alpha value is -7.55. The molecular weight excluding hydrogens is 928 g/mol. The van der Waals surface area contributed by atoms with Gasteiger partial charge in [0, 0.05) is 21.5 Å². The third kappa shape index (κ3) is 6.07. The van der Waals surface area contributed by atoms with Crippen molar-refractivity contribution in [1.82, 2.24) is 0 Å². The van der Waals surface area contributed by atoms with Gasteiger partial charge in [0.05, 0.1) is 0 Å². The lowest BCUT2D eigenvalue weighted by atomic mass is 9.63. The van der Waals surface area contributed by atoms with Crippen molar-refractivity contribution >= 4 is 295 Å². The van der Waals surface area contributed by atoms with E-state index in [9.17, 15) is 0 Å². The van der Waals surface area contributed by atoms with Crippen molar-refractivity contribution in [3.8, 4) is 44.5 Å². The summed E-state index contributed by atoms with van der Waals surface area (Å²) in [5.41, 5.74) is 31.4. The van der Waals surface area contributed by atoms with Gasteiger partial charge in [-0.05, 0) is 121 Å². The highest BCUT2D eigenvalue weighted by molar-refractivity contribution is 6.71. The number of fused-ring (bicyclic) bond motifs is 6. The van der Waals surface area contributed by atoms with Crippen molar-refractivity contribution in [3.05, 3.63) is 121 Å². The highest BCUT2D eigenvalue weighted by atomic mass is 16.3. The summed E-state index contributed by atoms with van der Waals surface area (Å²) >= 11 is 0. The third-order valence-electron chi connectivity index (χ3n) is 20.0. The zero-order chi connectivity index (χ0) is 53.8. The number of hydrogen-bond donors (Lipinski definition) is 0.